The molecule has 0 fully saturated rings. The minimum absolute atomic E-state index is 0.910. The molecule has 3 aromatic rings. The van der Waals surface area contributed by atoms with Gasteiger partial charge >= 0.3 is 0 Å². The summed E-state index contributed by atoms with van der Waals surface area (Å²) in [4.78, 5) is 2.21. The number of anilines is 3. The van der Waals surface area contributed by atoms with E-state index in [1.807, 2.05) is 48.5 Å². The lowest BCUT2D eigenvalue weighted by Crippen LogP contribution is -2.09. The Morgan fingerprint density at radius 3 is 1.57 bits per heavy atom. The maximum absolute atomic E-state index is 5.17. The van der Waals surface area contributed by atoms with Gasteiger partial charge in [0.2, 0.25) is 0 Å². The van der Waals surface area contributed by atoms with Crippen LogP contribution in [-0.2, 0) is 0 Å². The van der Waals surface area contributed by atoms with E-state index < -0.39 is 0 Å². The molecule has 0 saturated carbocycles. The first-order chi connectivity index (χ1) is 11.4. The van der Waals surface area contributed by atoms with E-state index in [0.29, 0.717) is 0 Å². The summed E-state index contributed by atoms with van der Waals surface area (Å²) < 4.78 is 0. The van der Waals surface area contributed by atoms with Gasteiger partial charge in [0.05, 0.1) is 0 Å². The van der Waals surface area contributed by atoms with E-state index in [-0.39, 0.29) is 0 Å². The van der Waals surface area contributed by atoms with Gasteiger partial charge in [-0.25, -0.2) is 0 Å². The predicted molar refractivity (Wildman–Crippen MR) is 96.8 cm³/mol. The van der Waals surface area contributed by atoms with Gasteiger partial charge in [-0.15, -0.1) is 6.42 Å². The van der Waals surface area contributed by atoms with Gasteiger partial charge in [0.1, 0.15) is 0 Å². The molecule has 0 amide bonds. The molecule has 0 radical (unpaired) electrons. The second-order valence-corrected chi connectivity index (χ2v) is 4.95. The first kappa shape index (κ1) is 14.5. The quantitative estimate of drug-likeness (QED) is 0.604. The largest absolute Gasteiger partial charge is 0.311 e. The highest BCUT2D eigenvalue weighted by molar-refractivity contribution is 5.76. The molecule has 108 valence electrons. The number of hydrogen-bond donors (Lipinski definition) is 0. The second kappa shape index (κ2) is 7.03. The van der Waals surface area contributed by atoms with E-state index in [2.05, 4.69) is 59.1 Å². The van der Waals surface area contributed by atoms with Gasteiger partial charge in [-0.05, 0) is 60.4 Å². The molecule has 1 heteroatoms. The van der Waals surface area contributed by atoms with Crippen LogP contribution >= 0.6 is 0 Å². The third-order valence-corrected chi connectivity index (χ3v) is 3.43. The van der Waals surface area contributed by atoms with Gasteiger partial charge < -0.3 is 4.90 Å². The highest BCUT2D eigenvalue weighted by atomic mass is 15.1. The van der Waals surface area contributed by atoms with Gasteiger partial charge in [0.15, 0.2) is 0 Å². The van der Waals surface area contributed by atoms with Gasteiger partial charge in [0, 0.05) is 22.6 Å². The summed E-state index contributed by atoms with van der Waals surface area (Å²) in [5, 5.41) is 0. The van der Waals surface area contributed by atoms with Crippen molar-refractivity contribution in [3.05, 3.63) is 90.5 Å². The number of benzene rings is 3. The molecule has 0 aliphatic heterocycles. The smallest absolute Gasteiger partial charge is 0.0462 e. The SMILES string of the molecule is C#CC#Cc1ccc(N(c2ccccc2)c2ccccc2)cc1. The lowest BCUT2D eigenvalue weighted by Gasteiger charge is -2.25. The van der Waals surface area contributed by atoms with Crippen molar-refractivity contribution in [2.24, 2.45) is 0 Å². The average molecular weight is 293 g/mol. The van der Waals surface area contributed by atoms with E-state index >= 15 is 0 Å². The number of rotatable bonds is 3. The predicted octanol–water partition coefficient (Wildman–Crippen LogP) is 5.14. The molecule has 0 aromatic heterocycles. The Kier molecular flexibility index (Phi) is 4.44. The monoisotopic (exact) mass is 293 g/mol. The van der Waals surface area contributed by atoms with Crippen molar-refractivity contribution in [1.29, 1.82) is 0 Å². The van der Waals surface area contributed by atoms with E-state index in [4.69, 9.17) is 6.42 Å². The van der Waals surface area contributed by atoms with Gasteiger partial charge in [-0.2, -0.15) is 0 Å². The fourth-order valence-corrected chi connectivity index (χ4v) is 2.40. The molecular formula is C22H15N. The van der Waals surface area contributed by atoms with E-state index in [1.54, 1.807) is 0 Å². The summed E-state index contributed by atoms with van der Waals surface area (Å²) >= 11 is 0. The fraction of sp³-hybridized carbons (Fsp3) is 0. The molecule has 0 unspecified atom stereocenters. The summed E-state index contributed by atoms with van der Waals surface area (Å²) in [6.45, 7) is 0. The third kappa shape index (κ3) is 3.43. The molecule has 23 heavy (non-hydrogen) atoms. The first-order valence-corrected chi connectivity index (χ1v) is 7.35. The van der Waals surface area contributed by atoms with Crippen LogP contribution in [0.5, 0.6) is 0 Å². The van der Waals surface area contributed by atoms with Crippen molar-refractivity contribution >= 4 is 17.1 Å². The molecule has 1 nitrogen and oxygen atoms in total. The second-order valence-electron chi connectivity index (χ2n) is 4.95. The fourth-order valence-electron chi connectivity index (χ4n) is 2.40. The van der Waals surface area contributed by atoms with Crippen molar-refractivity contribution in [2.75, 3.05) is 4.90 Å². The van der Waals surface area contributed by atoms with Crippen LogP contribution in [0, 0.1) is 24.2 Å². The number of para-hydroxylation sites is 2. The molecule has 0 atom stereocenters. The average Bonchev–Trinajstić information content (AvgIpc) is 2.63. The van der Waals surface area contributed by atoms with Crippen LogP contribution in [-0.4, -0.2) is 0 Å². The van der Waals surface area contributed by atoms with Crippen molar-refractivity contribution in [2.45, 2.75) is 0 Å². The molecule has 0 bridgehead atoms. The third-order valence-electron chi connectivity index (χ3n) is 3.43. The maximum atomic E-state index is 5.17. The normalized spacial score (nSPS) is 9.35. The lowest BCUT2D eigenvalue weighted by atomic mass is 10.1. The van der Waals surface area contributed by atoms with Crippen LogP contribution in [0.1, 0.15) is 5.56 Å². The molecule has 0 saturated heterocycles. The first-order valence-electron chi connectivity index (χ1n) is 7.35. The van der Waals surface area contributed by atoms with Crippen molar-refractivity contribution in [3.63, 3.8) is 0 Å². The Morgan fingerprint density at radius 1 is 0.609 bits per heavy atom. The Morgan fingerprint density at radius 2 is 1.09 bits per heavy atom. The summed E-state index contributed by atoms with van der Waals surface area (Å²) in [5.41, 5.74) is 4.21. The zero-order valence-corrected chi connectivity index (χ0v) is 12.6. The van der Waals surface area contributed by atoms with E-state index in [1.165, 1.54) is 0 Å². The standard InChI is InChI=1S/C22H15N/c1-2-3-10-19-15-17-22(18-16-19)23(20-11-6-4-7-12-20)21-13-8-5-9-14-21/h1,4-9,11-18H. The number of nitrogens with zero attached hydrogens (tertiary/aromatic N) is 1. The van der Waals surface area contributed by atoms with Gasteiger partial charge in [-0.3, -0.25) is 0 Å². The minimum atomic E-state index is 0.910. The summed E-state index contributed by atoms with van der Waals surface area (Å²) in [6.07, 6.45) is 5.17. The van der Waals surface area contributed by atoms with Crippen LogP contribution in [0.25, 0.3) is 0 Å². The van der Waals surface area contributed by atoms with Crippen LogP contribution in [0.15, 0.2) is 84.9 Å². The topological polar surface area (TPSA) is 3.24 Å². The molecule has 0 N–H and O–H groups in total. The van der Waals surface area contributed by atoms with Crippen molar-refractivity contribution in [3.8, 4) is 24.2 Å². The van der Waals surface area contributed by atoms with Crippen LogP contribution in [0.3, 0.4) is 0 Å². The lowest BCUT2D eigenvalue weighted by molar-refractivity contribution is 1.28. The maximum Gasteiger partial charge on any atom is 0.0462 e. The highest BCUT2D eigenvalue weighted by Crippen LogP contribution is 2.33. The van der Waals surface area contributed by atoms with Crippen molar-refractivity contribution in [1.82, 2.24) is 0 Å². The minimum Gasteiger partial charge on any atom is -0.311 e. The van der Waals surface area contributed by atoms with E-state index in [9.17, 15) is 0 Å². The molecular weight excluding hydrogens is 278 g/mol. The van der Waals surface area contributed by atoms with Gasteiger partial charge in [-0.1, -0.05) is 42.3 Å². The summed E-state index contributed by atoms with van der Waals surface area (Å²) in [6, 6.07) is 28.7. The number of hydrogen-bond acceptors (Lipinski definition) is 1. The molecule has 0 spiro atoms. The Balaban J connectivity index is 2.04. The van der Waals surface area contributed by atoms with Crippen molar-refractivity contribution < 1.29 is 0 Å². The Hall–Kier alpha value is -3.42. The van der Waals surface area contributed by atoms with Crippen LogP contribution < -0.4 is 4.90 Å². The highest BCUT2D eigenvalue weighted by Gasteiger charge is 2.11. The summed E-state index contributed by atoms with van der Waals surface area (Å²) in [7, 11) is 0. The van der Waals surface area contributed by atoms with E-state index in [0.717, 1.165) is 22.6 Å². The Labute approximate surface area is 137 Å². The zero-order chi connectivity index (χ0) is 15.9. The molecule has 0 heterocycles. The Bertz CT molecular complexity index is 821. The summed E-state index contributed by atoms with van der Waals surface area (Å²) in [5.74, 6) is 7.91. The van der Waals surface area contributed by atoms with Gasteiger partial charge in [0.25, 0.3) is 0 Å². The molecule has 3 aromatic carbocycles. The zero-order valence-electron chi connectivity index (χ0n) is 12.6. The van der Waals surface area contributed by atoms with Crippen LogP contribution in [0.2, 0.25) is 0 Å². The number of terminal acetylenes is 1. The molecule has 0 aliphatic rings. The molecule has 0 aliphatic carbocycles. The van der Waals surface area contributed by atoms with Crippen LogP contribution in [0.4, 0.5) is 17.1 Å². The molecule has 3 rings (SSSR count).